The van der Waals surface area contributed by atoms with Gasteiger partial charge in [-0.25, -0.2) is 0 Å². The van der Waals surface area contributed by atoms with Gasteiger partial charge in [0, 0.05) is 6.54 Å². The first-order valence-electron chi connectivity index (χ1n) is 8.09. The van der Waals surface area contributed by atoms with E-state index in [4.69, 9.17) is 4.74 Å². The molecule has 0 bridgehead atoms. The molecule has 2 aromatic rings. The van der Waals surface area contributed by atoms with Gasteiger partial charge in [0.1, 0.15) is 0 Å². The van der Waals surface area contributed by atoms with E-state index in [0.29, 0.717) is 13.0 Å². The molecule has 118 valence electrons. The van der Waals surface area contributed by atoms with Crippen LogP contribution < -0.4 is 0 Å². The van der Waals surface area contributed by atoms with Crippen LogP contribution in [0.15, 0.2) is 42.5 Å². The summed E-state index contributed by atoms with van der Waals surface area (Å²) in [6, 6.07) is 14.2. The molecule has 0 saturated carbocycles. The molecular formula is C19H25NO2. The third-order valence-electron chi connectivity index (χ3n) is 3.99. The highest BCUT2D eigenvalue weighted by molar-refractivity contribution is 5.88. The number of ether oxygens (including phenoxy) is 1. The smallest absolute Gasteiger partial charge is 0.310 e. The van der Waals surface area contributed by atoms with Gasteiger partial charge in [0.15, 0.2) is 0 Å². The van der Waals surface area contributed by atoms with Gasteiger partial charge in [0.2, 0.25) is 0 Å². The van der Waals surface area contributed by atoms with Gasteiger partial charge in [-0.1, -0.05) is 56.3 Å². The van der Waals surface area contributed by atoms with Crippen LogP contribution in [0.2, 0.25) is 0 Å². The zero-order chi connectivity index (χ0) is 15.8. The SMILES string of the molecule is CCN(CC)CCCOC(=O)Cc1cccc2ccccc12. The van der Waals surface area contributed by atoms with Crippen LogP contribution >= 0.6 is 0 Å². The Hall–Kier alpha value is -1.87. The van der Waals surface area contributed by atoms with Crippen molar-refractivity contribution in [2.24, 2.45) is 0 Å². The van der Waals surface area contributed by atoms with Gasteiger partial charge in [-0.05, 0) is 35.8 Å². The molecule has 2 aromatic carbocycles. The quantitative estimate of drug-likeness (QED) is 0.550. The monoisotopic (exact) mass is 299 g/mol. The number of carbonyl (C=O) groups is 1. The first-order valence-corrected chi connectivity index (χ1v) is 8.09. The van der Waals surface area contributed by atoms with E-state index < -0.39 is 0 Å². The number of carbonyl (C=O) groups excluding carboxylic acids is 1. The van der Waals surface area contributed by atoms with Crippen LogP contribution in [0.3, 0.4) is 0 Å². The van der Waals surface area contributed by atoms with Crippen LogP contribution in [0.4, 0.5) is 0 Å². The van der Waals surface area contributed by atoms with E-state index >= 15 is 0 Å². The minimum absolute atomic E-state index is 0.143. The summed E-state index contributed by atoms with van der Waals surface area (Å²) in [6.45, 7) is 7.86. The average molecular weight is 299 g/mol. The fourth-order valence-corrected chi connectivity index (χ4v) is 2.67. The maximum absolute atomic E-state index is 12.0. The van der Waals surface area contributed by atoms with Gasteiger partial charge in [-0.15, -0.1) is 0 Å². The van der Waals surface area contributed by atoms with E-state index in [2.05, 4.69) is 36.9 Å². The van der Waals surface area contributed by atoms with Crippen molar-refractivity contribution in [3.05, 3.63) is 48.0 Å². The molecule has 0 aromatic heterocycles. The molecule has 0 radical (unpaired) electrons. The van der Waals surface area contributed by atoms with Crippen molar-refractivity contribution in [2.45, 2.75) is 26.7 Å². The molecule has 0 N–H and O–H groups in total. The van der Waals surface area contributed by atoms with Crippen molar-refractivity contribution >= 4 is 16.7 Å². The predicted octanol–water partition coefficient (Wildman–Crippen LogP) is 3.66. The molecule has 0 unspecified atom stereocenters. The Morgan fingerprint density at radius 3 is 2.55 bits per heavy atom. The first-order chi connectivity index (χ1) is 10.7. The van der Waals surface area contributed by atoms with Crippen LogP contribution in [-0.4, -0.2) is 37.1 Å². The van der Waals surface area contributed by atoms with Crippen molar-refractivity contribution in [2.75, 3.05) is 26.2 Å². The molecule has 0 aliphatic rings. The van der Waals surface area contributed by atoms with Crippen molar-refractivity contribution in [1.29, 1.82) is 0 Å². The Kier molecular flexibility index (Phi) is 6.41. The second-order valence-electron chi connectivity index (χ2n) is 5.42. The molecule has 3 heteroatoms. The summed E-state index contributed by atoms with van der Waals surface area (Å²) in [5.74, 6) is -0.143. The van der Waals surface area contributed by atoms with Gasteiger partial charge < -0.3 is 9.64 Å². The van der Waals surface area contributed by atoms with Gasteiger partial charge in [0.25, 0.3) is 0 Å². The van der Waals surface area contributed by atoms with Crippen LogP contribution in [0, 0.1) is 0 Å². The molecule has 0 aliphatic heterocycles. The summed E-state index contributed by atoms with van der Waals surface area (Å²) in [4.78, 5) is 14.3. The Morgan fingerprint density at radius 2 is 1.77 bits per heavy atom. The molecule has 0 atom stereocenters. The maximum Gasteiger partial charge on any atom is 0.310 e. The molecule has 0 aliphatic carbocycles. The lowest BCUT2D eigenvalue weighted by Gasteiger charge is -2.17. The Bertz CT molecular complexity index is 600. The second kappa shape index (κ2) is 8.54. The number of benzene rings is 2. The lowest BCUT2D eigenvalue weighted by molar-refractivity contribution is -0.143. The number of esters is 1. The fourth-order valence-electron chi connectivity index (χ4n) is 2.67. The molecule has 0 heterocycles. The zero-order valence-electron chi connectivity index (χ0n) is 13.5. The molecule has 0 spiro atoms. The van der Waals surface area contributed by atoms with Crippen molar-refractivity contribution in [3.63, 3.8) is 0 Å². The van der Waals surface area contributed by atoms with E-state index in [-0.39, 0.29) is 5.97 Å². The Labute approximate surface area is 132 Å². The summed E-state index contributed by atoms with van der Waals surface area (Å²) in [5.41, 5.74) is 1.03. The molecule has 2 rings (SSSR count). The van der Waals surface area contributed by atoms with Gasteiger partial charge in [-0.2, -0.15) is 0 Å². The highest BCUT2D eigenvalue weighted by Crippen LogP contribution is 2.19. The highest BCUT2D eigenvalue weighted by Gasteiger charge is 2.08. The highest BCUT2D eigenvalue weighted by atomic mass is 16.5. The van der Waals surface area contributed by atoms with Crippen LogP contribution in [0.5, 0.6) is 0 Å². The summed E-state index contributed by atoms with van der Waals surface area (Å²) in [5, 5.41) is 2.29. The fraction of sp³-hybridized carbons (Fsp3) is 0.421. The summed E-state index contributed by atoms with van der Waals surface area (Å²) < 4.78 is 5.37. The number of fused-ring (bicyclic) bond motifs is 1. The van der Waals surface area contributed by atoms with Crippen molar-refractivity contribution in [1.82, 2.24) is 4.90 Å². The van der Waals surface area contributed by atoms with Crippen LogP contribution in [0.1, 0.15) is 25.8 Å². The topological polar surface area (TPSA) is 29.5 Å². The number of nitrogens with zero attached hydrogens (tertiary/aromatic N) is 1. The maximum atomic E-state index is 12.0. The minimum atomic E-state index is -0.143. The number of hydrogen-bond acceptors (Lipinski definition) is 3. The molecule has 0 amide bonds. The van der Waals surface area contributed by atoms with Crippen molar-refractivity contribution in [3.8, 4) is 0 Å². The molecular weight excluding hydrogens is 274 g/mol. The predicted molar refractivity (Wildman–Crippen MR) is 91.0 cm³/mol. The summed E-state index contributed by atoms with van der Waals surface area (Å²) >= 11 is 0. The minimum Gasteiger partial charge on any atom is -0.465 e. The third kappa shape index (κ3) is 4.57. The summed E-state index contributed by atoms with van der Waals surface area (Å²) in [7, 11) is 0. The van der Waals surface area contributed by atoms with E-state index in [1.54, 1.807) is 0 Å². The van der Waals surface area contributed by atoms with E-state index in [1.807, 2.05) is 24.3 Å². The largest absolute Gasteiger partial charge is 0.465 e. The van der Waals surface area contributed by atoms with E-state index in [0.717, 1.165) is 42.4 Å². The summed E-state index contributed by atoms with van der Waals surface area (Å²) in [6.07, 6.45) is 1.23. The van der Waals surface area contributed by atoms with E-state index in [9.17, 15) is 4.79 Å². The molecule has 0 fully saturated rings. The average Bonchev–Trinajstić information content (AvgIpc) is 2.55. The van der Waals surface area contributed by atoms with Gasteiger partial charge in [0.05, 0.1) is 13.0 Å². The standard InChI is InChI=1S/C19H25NO2/c1-3-20(4-2)13-8-14-22-19(21)15-17-11-7-10-16-9-5-6-12-18(16)17/h5-7,9-12H,3-4,8,13-15H2,1-2H3. The van der Waals surface area contributed by atoms with Crippen LogP contribution in [-0.2, 0) is 16.0 Å². The molecule has 22 heavy (non-hydrogen) atoms. The molecule has 0 saturated heterocycles. The second-order valence-corrected chi connectivity index (χ2v) is 5.42. The van der Waals surface area contributed by atoms with Gasteiger partial charge >= 0.3 is 5.97 Å². The normalized spacial score (nSPS) is 11.0. The Balaban J connectivity index is 1.84. The van der Waals surface area contributed by atoms with Crippen molar-refractivity contribution < 1.29 is 9.53 Å². The lowest BCUT2D eigenvalue weighted by atomic mass is 10.0. The van der Waals surface area contributed by atoms with E-state index in [1.165, 1.54) is 0 Å². The molecule has 3 nitrogen and oxygen atoms in total. The van der Waals surface area contributed by atoms with Gasteiger partial charge in [-0.3, -0.25) is 4.79 Å². The number of rotatable bonds is 8. The zero-order valence-corrected chi connectivity index (χ0v) is 13.5. The van der Waals surface area contributed by atoms with Crippen LogP contribution in [0.25, 0.3) is 10.8 Å². The third-order valence-corrected chi connectivity index (χ3v) is 3.99. The lowest BCUT2D eigenvalue weighted by Crippen LogP contribution is -2.25. The Morgan fingerprint density at radius 1 is 1.05 bits per heavy atom. The first kappa shape index (κ1) is 16.5. The number of hydrogen-bond donors (Lipinski definition) is 0.